The number of ether oxygens (including phenoxy) is 1. The molecule has 0 saturated carbocycles. The van der Waals surface area contributed by atoms with Gasteiger partial charge in [0.25, 0.3) is 0 Å². The summed E-state index contributed by atoms with van der Waals surface area (Å²) in [7, 11) is -1.82. The molecule has 1 aliphatic carbocycles. The molecule has 2 aromatic rings. The number of benzene rings is 2. The van der Waals surface area contributed by atoms with Crippen molar-refractivity contribution in [3.05, 3.63) is 57.6 Å². The van der Waals surface area contributed by atoms with Gasteiger partial charge in [0.05, 0.1) is 24.1 Å². The summed E-state index contributed by atoms with van der Waals surface area (Å²) >= 11 is 12.7. The summed E-state index contributed by atoms with van der Waals surface area (Å²) in [5.74, 6) is 0.624. The second-order valence-electron chi connectivity index (χ2n) is 7.93. The van der Waals surface area contributed by atoms with E-state index in [4.69, 9.17) is 27.9 Å². The summed E-state index contributed by atoms with van der Waals surface area (Å²) in [5.41, 5.74) is 2.53. The topological polar surface area (TPSA) is 70.1 Å². The van der Waals surface area contributed by atoms with Gasteiger partial charge in [-0.25, -0.2) is 8.42 Å². The number of β-amino-alcohol motifs (C(OH)–C–C–N with tert-alkyl or cyclic N) is 1. The molecule has 2 aromatic carbocycles. The van der Waals surface area contributed by atoms with Crippen molar-refractivity contribution in [2.45, 2.75) is 31.1 Å². The fourth-order valence-corrected chi connectivity index (χ4v) is 5.31. The minimum absolute atomic E-state index is 0.0338. The van der Waals surface area contributed by atoms with Crippen LogP contribution in [0, 0.1) is 0 Å². The molecule has 0 amide bonds. The van der Waals surface area contributed by atoms with E-state index < -0.39 is 10.0 Å². The number of rotatable bonds is 5. The van der Waals surface area contributed by atoms with E-state index in [0.717, 1.165) is 36.8 Å². The van der Waals surface area contributed by atoms with Crippen LogP contribution in [0.4, 0.5) is 5.69 Å². The maximum absolute atomic E-state index is 11.8. The van der Waals surface area contributed by atoms with E-state index in [9.17, 15) is 13.5 Å². The number of nitrogens with zero attached hydrogens (tertiary/aromatic N) is 2. The summed E-state index contributed by atoms with van der Waals surface area (Å²) < 4.78 is 31.1. The third-order valence-electron chi connectivity index (χ3n) is 5.89. The number of aliphatic hydroxyl groups excluding tert-OH is 1. The van der Waals surface area contributed by atoms with Crippen molar-refractivity contribution < 1.29 is 18.3 Å². The van der Waals surface area contributed by atoms with Gasteiger partial charge in [0.2, 0.25) is 10.0 Å². The monoisotopic (exact) mass is 470 g/mol. The minimum Gasteiger partial charge on any atom is -0.484 e. The lowest BCUT2D eigenvalue weighted by molar-refractivity contribution is 0.0818. The summed E-state index contributed by atoms with van der Waals surface area (Å²) in [6.07, 6.45) is 1.99. The quantitative estimate of drug-likeness (QED) is 0.723. The molecule has 0 bridgehead atoms. The van der Waals surface area contributed by atoms with E-state index in [2.05, 4.69) is 4.90 Å². The average Bonchev–Trinajstić information content (AvgIpc) is 3.25. The molecule has 3 atom stereocenters. The number of halogens is 2. The molecular formula is C21H24Cl2N2O4S. The van der Waals surface area contributed by atoms with Crippen LogP contribution in [-0.4, -0.2) is 57.0 Å². The highest BCUT2D eigenvalue weighted by molar-refractivity contribution is 7.92. The van der Waals surface area contributed by atoms with E-state index in [1.807, 2.05) is 6.07 Å². The molecule has 1 heterocycles. The minimum atomic E-state index is -3.33. The Morgan fingerprint density at radius 2 is 1.90 bits per heavy atom. The number of anilines is 1. The van der Waals surface area contributed by atoms with Crippen molar-refractivity contribution in [3.63, 3.8) is 0 Å². The Balaban J connectivity index is 1.63. The number of aliphatic hydroxyl groups is 1. The molecule has 1 saturated heterocycles. The van der Waals surface area contributed by atoms with Gasteiger partial charge >= 0.3 is 0 Å². The predicted octanol–water partition coefficient (Wildman–Crippen LogP) is 3.50. The molecule has 9 heteroatoms. The van der Waals surface area contributed by atoms with Crippen molar-refractivity contribution in [1.29, 1.82) is 0 Å². The Bertz CT molecular complexity index is 1050. The second-order valence-corrected chi connectivity index (χ2v) is 10.8. The second kappa shape index (κ2) is 8.20. The Hall–Kier alpha value is -1.51. The van der Waals surface area contributed by atoms with E-state index in [0.29, 0.717) is 28.0 Å². The van der Waals surface area contributed by atoms with Crippen LogP contribution in [0.2, 0.25) is 10.0 Å². The van der Waals surface area contributed by atoms with Crippen molar-refractivity contribution in [1.82, 2.24) is 4.90 Å². The molecule has 0 spiro atoms. The molecule has 4 rings (SSSR count). The van der Waals surface area contributed by atoms with Crippen LogP contribution in [-0.2, 0) is 16.4 Å². The van der Waals surface area contributed by atoms with Gasteiger partial charge in [-0.15, -0.1) is 0 Å². The largest absolute Gasteiger partial charge is 0.484 e. The van der Waals surface area contributed by atoms with Crippen molar-refractivity contribution in [2.24, 2.45) is 0 Å². The first-order valence-corrected chi connectivity index (χ1v) is 12.3. The fraction of sp³-hybridized carbons (Fsp3) is 0.429. The van der Waals surface area contributed by atoms with Crippen molar-refractivity contribution in [3.8, 4) is 5.75 Å². The van der Waals surface area contributed by atoms with Gasteiger partial charge in [-0.2, -0.15) is 0 Å². The van der Waals surface area contributed by atoms with E-state index >= 15 is 0 Å². The first kappa shape index (κ1) is 21.7. The molecule has 6 nitrogen and oxygen atoms in total. The summed E-state index contributed by atoms with van der Waals surface area (Å²) in [5, 5.41) is 11.2. The average molecular weight is 471 g/mol. The normalized spacial score (nSPS) is 24.1. The van der Waals surface area contributed by atoms with Gasteiger partial charge in [0.1, 0.15) is 11.9 Å². The van der Waals surface area contributed by atoms with E-state index in [1.54, 1.807) is 30.3 Å². The molecule has 0 radical (unpaired) electrons. The fourth-order valence-electron chi connectivity index (χ4n) is 4.22. The maximum Gasteiger partial charge on any atom is 0.231 e. The van der Waals surface area contributed by atoms with Crippen LogP contribution in [0.15, 0.2) is 36.4 Å². The highest BCUT2D eigenvalue weighted by atomic mass is 35.5. The molecule has 1 N–H and O–H groups in total. The molecule has 0 unspecified atom stereocenters. The summed E-state index contributed by atoms with van der Waals surface area (Å²) in [6.45, 7) is 1.39. The van der Waals surface area contributed by atoms with Gasteiger partial charge in [-0.05, 0) is 54.8 Å². The van der Waals surface area contributed by atoms with Crippen molar-refractivity contribution >= 4 is 38.9 Å². The van der Waals surface area contributed by atoms with Crippen LogP contribution < -0.4 is 9.04 Å². The third kappa shape index (κ3) is 4.27. The van der Waals surface area contributed by atoms with Crippen molar-refractivity contribution in [2.75, 3.05) is 30.7 Å². The molecule has 0 aromatic heterocycles. The van der Waals surface area contributed by atoms with E-state index in [-0.39, 0.29) is 18.2 Å². The summed E-state index contributed by atoms with van der Waals surface area (Å²) in [6, 6.07) is 10.6. The van der Waals surface area contributed by atoms with Gasteiger partial charge < -0.3 is 9.84 Å². The van der Waals surface area contributed by atoms with Crippen LogP contribution >= 0.6 is 23.2 Å². The van der Waals surface area contributed by atoms with Crippen LogP contribution in [0.25, 0.3) is 0 Å². The van der Waals surface area contributed by atoms with Gasteiger partial charge in [-0.3, -0.25) is 9.21 Å². The smallest absolute Gasteiger partial charge is 0.231 e. The van der Waals surface area contributed by atoms with Gasteiger partial charge in [0, 0.05) is 35.7 Å². The Morgan fingerprint density at radius 3 is 2.50 bits per heavy atom. The number of hydrogen-bond donors (Lipinski definition) is 1. The van der Waals surface area contributed by atoms with E-state index in [1.165, 1.54) is 11.4 Å². The lowest BCUT2D eigenvalue weighted by atomic mass is 10.1. The zero-order chi connectivity index (χ0) is 21.6. The summed E-state index contributed by atoms with van der Waals surface area (Å²) in [4.78, 5) is 2.24. The maximum atomic E-state index is 11.8. The Morgan fingerprint density at radius 1 is 1.20 bits per heavy atom. The number of fused-ring (bicyclic) bond motifs is 1. The van der Waals surface area contributed by atoms with Gasteiger partial charge in [0.15, 0.2) is 0 Å². The first-order chi connectivity index (χ1) is 14.1. The lowest BCUT2D eigenvalue weighted by Gasteiger charge is -2.30. The third-order valence-corrected chi connectivity index (χ3v) is 7.65. The molecular weight excluding hydrogens is 447 g/mol. The van der Waals surface area contributed by atoms with Crippen LogP contribution in [0.5, 0.6) is 5.75 Å². The van der Waals surface area contributed by atoms with Gasteiger partial charge in [-0.1, -0.05) is 23.2 Å². The number of hydrogen-bond acceptors (Lipinski definition) is 5. The zero-order valence-corrected chi connectivity index (χ0v) is 19.1. The Kier molecular flexibility index (Phi) is 5.94. The number of likely N-dealkylation sites (tertiary alicyclic amines) is 1. The molecule has 162 valence electrons. The molecule has 1 aliphatic heterocycles. The van der Waals surface area contributed by atoms with Crippen LogP contribution in [0.1, 0.15) is 23.7 Å². The molecule has 1 fully saturated rings. The van der Waals surface area contributed by atoms with Crippen LogP contribution in [0.3, 0.4) is 0 Å². The zero-order valence-electron chi connectivity index (χ0n) is 16.8. The molecule has 30 heavy (non-hydrogen) atoms. The standard InChI is InChI=1S/C21H24Cl2N2O4S/c1-24(30(2,27)28)14-3-5-16(6-4-14)29-21-18-9-13(22)10-19(23)17(18)11-20(21)25-8-7-15(26)12-25/h3-6,9-10,15,20-21,26H,7-8,11-12H2,1-2H3/t15-,20-,21+/m1/s1. The predicted molar refractivity (Wildman–Crippen MR) is 119 cm³/mol. The first-order valence-electron chi connectivity index (χ1n) is 9.74. The highest BCUT2D eigenvalue weighted by Crippen LogP contribution is 2.43. The highest BCUT2D eigenvalue weighted by Gasteiger charge is 2.41. The Labute approximate surface area is 187 Å². The SMILES string of the molecule is CN(c1ccc(O[C@H]2c3cc(Cl)cc(Cl)c3C[C@H]2N2CC[C@@H](O)C2)cc1)S(C)(=O)=O. The lowest BCUT2D eigenvalue weighted by Crippen LogP contribution is -2.39. The molecule has 2 aliphatic rings. The number of sulfonamides is 1.